The molecular weight excluding hydrogens is 250 g/mol. The molecule has 102 valence electrons. The van der Waals surface area contributed by atoms with Crippen LogP contribution in [0.3, 0.4) is 0 Å². The third-order valence-electron chi connectivity index (χ3n) is 3.67. The molecule has 0 unspecified atom stereocenters. The predicted molar refractivity (Wildman–Crippen MR) is 73.9 cm³/mol. The van der Waals surface area contributed by atoms with Gasteiger partial charge in [0.15, 0.2) is 5.78 Å². The molecule has 0 fully saturated rings. The predicted octanol–water partition coefficient (Wildman–Crippen LogP) is 2.89. The van der Waals surface area contributed by atoms with Crippen LogP contribution in [0.2, 0.25) is 5.02 Å². The molecular formula is C13H22ClN3O. The van der Waals surface area contributed by atoms with Gasteiger partial charge in [0, 0.05) is 18.5 Å². The SMILES string of the molecule is CCCn1ncc(Cl)c1C(=O)C(CC)(CC)CN. The van der Waals surface area contributed by atoms with Gasteiger partial charge in [-0.3, -0.25) is 9.48 Å². The standard InChI is InChI=1S/C13H22ClN3O/c1-4-7-17-11(10(14)8-16-17)12(18)13(5-2,6-3)9-15/h8H,4-7,9,15H2,1-3H3. The highest BCUT2D eigenvalue weighted by atomic mass is 35.5. The number of nitrogens with two attached hydrogens (primary N) is 1. The number of nitrogens with zero attached hydrogens (tertiary/aromatic N) is 2. The largest absolute Gasteiger partial charge is 0.329 e. The van der Waals surface area contributed by atoms with E-state index >= 15 is 0 Å². The highest BCUT2D eigenvalue weighted by Gasteiger charge is 2.37. The number of rotatable bonds is 7. The number of ketones is 1. The Bertz CT molecular complexity index is 402. The number of hydrogen-bond acceptors (Lipinski definition) is 3. The molecule has 0 aromatic carbocycles. The molecule has 0 bridgehead atoms. The van der Waals surface area contributed by atoms with Crippen molar-refractivity contribution in [2.24, 2.45) is 11.1 Å². The van der Waals surface area contributed by atoms with Crippen LogP contribution in [0, 0.1) is 5.41 Å². The maximum atomic E-state index is 12.7. The average Bonchev–Trinajstić information content (AvgIpc) is 2.73. The molecule has 0 aliphatic heterocycles. The molecule has 2 N–H and O–H groups in total. The Hall–Kier alpha value is -0.870. The molecule has 1 aromatic rings. The van der Waals surface area contributed by atoms with Crippen LogP contribution >= 0.6 is 11.6 Å². The van der Waals surface area contributed by atoms with Crippen LogP contribution in [0.25, 0.3) is 0 Å². The van der Waals surface area contributed by atoms with E-state index in [1.807, 2.05) is 20.8 Å². The Morgan fingerprint density at radius 1 is 1.44 bits per heavy atom. The van der Waals surface area contributed by atoms with Crippen molar-refractivity contribution >= 4 is 17.4 Å². The first-order chi connectivity index (χ1) is 8.56. The van der Waals surface area contributed by atoms with Crippen molar-refractivity contribution in [1.29, 1.82) is 0 Å². The number of aromatic nitrogens is 2. The second-order valence-corrected chi connectivity index (χ2v) is 4.99. The lowest BCUT2D eigenvalue weighted by Crippen LogP contribution is -2.39. The number of hydrogen-bond donors (Lipinski definition) is 1. The minimum Gasteiger partial charge on any atom is -0.329 e. The van der Waals surface area contributed by atoms with Crippen LogP contribution in [0.1, 0.15) is 50.5 Å². The minimum absolute atomic E-state index is 0.0194. The number of halogens is 1. The van der Waals surface area contributed by atoms with Crippen molar-refractivity contribution in [2.75, 3.05) is 6.54 Å². The molecule has 0 saturated heterocycles. The first-order valence-corrected chi connectivity index (χ1v) is 6.90. The maximum absolute atomic E-state index is 12.7. The second kappa shape index (κ2) is 6.34. The van der Waals surface area contributed by atoms with Gasteiger partial charge in [0.2, 0.25) is 0 Å². The summed E-state index contributed by atoms with van der Waals surface area (Å²) in [6.45, 7) is 7.05. The van der Waals surface area contributed by atoms with E-state index in [0.717, 1.165) is 6.42 Å². The molecule has 1 aromatic heterocycles. The summed E-state index contributed by atoms with van der Waals surface area (Å²) in [6.07, 6.45) is 3.88. The quantitative estimate of drug-likeness (QED) is 0.776. The Morgan fingerprint density at radius 2 is 2.06 bits per heavy atom. The Morgan fingerprint density at radius 3 is 2.50 bits per heavy atom. The van der Waals surface area contributed by atoms with Crippen molar-refractivity contribution in [1.82, 2.24) is 9.78 Å². The van der Waals surface area contributed by atoms with E-state index in [0.29, 0.717) is 36.6 Å². The van der Waals surface area contributed by atoms with Crippen LogP contribution in [0.15, 0.2) is 6.20 Å². The molecule has 1 rings (SSSR count). The Labute approximate surface area is 113 Å². The lowest BCUT2D eigenvalue weighted by Gasteiger charge is -2.28. The van der Waals surface area contributed by atoms with Crippen molar-refractivity contribution in [2.45, 2.75) is 46.6 Å². The third kappa shape index (κ3) is 2.59. The van der Waals surface area contributed by atoms with E-state index < -0.39 is 5.41 Å². The molecule has 0 aliphatic rings. The fourth-order valence-electron chi connectivity index (χ4n) is 2.17. The van der Waals surface area contributed by atoms with Crippen molar-refractivity contribution < 1.29 is 4.79 Å². The van der Waals surface area contributed by atoms with E-state index in [9.17, 15) is 4.79 Å². The smallest absolute Gasteiger partial charge is 0.189 e. The monoisotopic (exact) mass is 271 g/mol. The van der Waals surface area contributed by atoms with Crippen LogP contribution in [-0.2, 0) is 6.54 Å². The Balaban J connectivity index is 3.20. The molecule has 0 amide bonds. The van der Waals surface area contributed by atoms with Gasteiger partial charge in [-0.1, -0.05) is 32.4 Å². The van der Waals surface area contributed by atoms with Gasteiger partial charge < -0.3 is 5.73 Å². The highest BCUT2D eigenvalue weighted by molar-refractivity contribution is 6.33. The van der Waals surface area contributed by atoms with E-state index in [2.05, 4.69) is 5.10 Å². The van der Waals surface area contributed by atoms with Gasteiger partial charge in [0.05, 0.1) is 11.2 Å². The van der Waals surface area contributed by atoms with Gasteiger partial charge in [0.1, 0.15) is 5.69 Å². The topological polar surface area (TPSA) is 60.9 Å². The van der Waals surface area contributed by atoms with Crippen molar-refractivity contribution in [3.8, 4) is 0 Å². The summed E-state index contributed by atoms with van der Waals surface area (Å²) in [7, 11) is 0. The molecule has 4 nitrogen and oxygen atoms in total. The fourth-order valence-corrected chi connectivity index (χ4v) is 2.40. The average molecular weight is 272 g/mol. The second-order valence-electron chi connectivity index (χ2n) is 4.58. The minimum atomic E-state index is -0.519. The number of carbonyl (C=O) groups excluding carboxylic acids is 1. The molecule has 0 spiro atoms. The van der Waals surface area contributed by atoms with Crippen LogP contribution in [-0.4, -0.2) is 22.1 Å². The zero-order valence-electron chi connectivity index (χ0n) is 11.4. The Kier molecular flexibility index (Phi) is 5.35. The van der Waals surface area contributed by atoms with Gasteiger partial charge >= 0.3 is 0 Å². The summed E-state index contributed by atoms with van der Waals surface area (Å²) in [6, 6.07) is 0. The summed E-state index contributed by atoms with van der Waals surface area (Å²) < 4.78 is 1.69. The van der Waals surface area contributed by atoms with E-state index in [1.165, 1.54) is 6.20 Å². The third-order valence-corrected chi connectivity index (χ3v) is 3.95. The van der Waals surface area contributed by atoms with E-state index in [-0.39, 0.29) is 5.78 Å². The number of carbonyl (C=O) groups is 1. The van der Waals surface area contributed by atoms with Crippen molar-refractivity contribution in [3.63, 3.8) is 0 Å². The first kappa shape index (κ1) is 15.2. The normalized spacial score (nSPS) is 11.8. The van der Waals surface area contributed by atoms with E-state index in [1.54, 1.807) is 4.68 Å². The zero-order chi connectivity index (χ0) is 13.8. The first-order valence-electron chi connectivity index (χ1n) is 6.52. The van der Waals surface area contributed by atoms with Gasteiger partial charge in [0.25, 0.3) is 0 Å². The van der Waals surface area contributed by atoms with E-state index in [4.69, 9.17) is 17.3 Å². The van der Waals surface area contributed by atoms with Gasteiger partial charge in [-0.25, -0.2) is 0 Å². The molecule has 18 heavy (non-hydrogen) atoms. The lowest BCUT2D eigenvalue weighted by atomic mass is 9.77. The highest BCUT2D eigenvalue weighted by Crippen LogP contribution is 2.32. The summed E-state index contributed by atoms with van der Waals surface area (Å²) in [5.74, 6) is 0.0194. The molecule has 5 heteroatoms. The zero-order valence-corrected chi connectivity index (χ0v) is 12.1. The summed E-state index contributed by atoms with van der Waals surface area (Å²) in [5, 5.41) is 4.59. The molecule has 0 saturated carbocycles. The summed E-state index contributed by atoms with van der Waals surface area (Å²) in [4.78, 5) is 12.7. The molecule has 0 aliphatic carbocycles. The molecule has 0 atom stereocenters. The van der Waals surface area contributed by atoms with Crippen LogP contribution in [0.4, 0.5) is 0 Å². The fraction of sp³-hybridized carbons (Fsp3) is 0.692. The van der Waals surface area contributed by atoms with Crippen LogP contribution < -0.4 is 5.73 Å². The molecule has 1 heterocycles. The summed E-state index contributed by atoms with van der Waals surface area (Å²) in [5.41, 5.74) is 5.80. The molecule has 0 radical (unpaired) electrons. The van der Waals surface area contributed by atoms with Gasteiger partial charge in [-0.2, -0.15) is 5.10 Å². The maximum Gasteiger partial charge on any atom is 0.189 e. The summed E-state index contributed by atoms with van der Waals surface area (Å²) >= 11 is 6.11. The van der Waals surface area contributed by atoms with Crippen LogP contribution in [0.5, 0.6) is 0 Å². The number of aryl methyl sites for hydroxylation is 1. The van der Waals surface area contributed by atoms with Gasteiger partial charge in [-0.15, -0.1) is 0 Å². The van der Waals surface area contributed by atoms with Gasteiger partial charge in [-0.05, 0) is 19.3 Å². The number of Topliss-reactive ketones (excluding diaryl/α,β-unsaturated/α-hetero) is 1. The van der Waals surface area contributed by atoms with Crippen molar-refractivity contribution in [3.05, 3.63) is 16.9 Å². The lowest BCUT2D eigenvalue weighted by molar-refractivity contribution is 0.0775.